The Bertz CT molecular complexity index is 564. The molecule has 1 aromatic rings. The van der Waals surface area contributed by atoms with Crippen LogP contribution in [0.1, 0.15) is 45.0 Å². The minimum atomic E-state index is -1.07. The highest BCUT2D eigenvalue weighted by molar-refractivity contribution is 5.75. The number of carbonyl (C=O) groups excluding carboxylic acids is 1. The molecule has 1 rings (SSSR count). The summed E-state index contributed by atoms with van der Waals surface area (Å²) in [5.41, 5.74) is -1.27. The summed E-state index contributed by atoms with van der Waals surface area (Å²) in [6.45, 7) is 8.75. The minimum Gasteiger partial charge on any atom is -0.488 e. The Balaban J connectivity index is 2.93. The van der Waals surface area contributed by atoms with Crippen LogP contribution in [0, 0.1) is 5.82 Å². The Morgan fingerprint density at radius 2 is 1.91 bits per heavy atom. The van der Waals surface area contributed by atoms with Gasteiger partial charge in [-0.25, -0.2) is 9.18 Å². The Kier molecular flexibility index (Phi) is 5.17. The normalized spacial score (nSPS) is 11.9. The van der Waals surface area contributed by atoms with Crippen LogP contribution in [0.3, 0.4) is 0 Å². The van der Waals surface area contributed by atoms with E-state index in [0.717, 1.165) is 6.07 Å². The van der Waals surface area contributed by atoms with Gasteiger partial charge >= 0.3 is 6.09 Å². The number of hydrogen-bond donors (Lipinski definition) is 1. The second-order valence-corrected chi connectivity index (χ2v) is 6.70. The van der Waals surface area contributed by atoms with E-state index in [2.05, 4.69) is 0 Å². The van der Waals surface area contributed by atoms with Gasteiger partial charge in [0.1, 0.15) is 12.9 Å². The van der Waals surface area contributed by atoms with Gasteiger partial charge in [-0.15, -0.1) is 0 Å². The third-order valence-electron chi connectivity index (χ3n) is 3.14. The third kappa shape index (κ3) is 4.19. The van der Waals surface area contributed by atoms with Gasteiger partial charge in [0.05, 0.1) is 5.54 Å². The molecule has 6 heteroatoms. The monoisotopic (exact) mass is 311 g/mol. The second-order valence-electron chi connectivity index (χ2n) is 6.70. The molecule has 0 radical (unpaired) electrons. The van der Waals surface area contributed by atoms with E-state index in [1.807, 2.05) is 0 Å². The number of nitrogens with zero attached hydrogens (tertiary/aromatic N) is 1. The van der Waals surface area contributed by atoms with Crippen molar-refractivity contribution in [1.82, 2.24) is 4.90 Å². The minimum absolute atomic E-state index is 0.0158. The summed E-state index contributed by atoms with van der Waals surface area (Å²) in [7, 11) is 0. The van der Waals surface area contributed by atoms with Gasteiger partial charge in [0.25, 0.3) is 0 Å². The number of carboxylic acid groups (broad SMARTS) is 1. The molecule has 0 heterocycles. The second kappa shape index (κ2) is 6.34. The average molecular weight is 311 g/mol. The fraction of sp³-hybridized carbons (Fsp3) is 0.500. The smallest absolute Gasteiger partial charge is 0.408 e. The lowest BCUT2D eigenvalue weighted by Gasteiger charge is -2.44. The van der Waals surface area contributed by atoms with Crippen molar-refractivity contribution in [2.24, 2.45) is 0 Å². The van der Waals surface area contributed by atoms with E-state index in [4.69, 9.17) is 4.74 Å². The molecule has 0 aliphatic carbocycles. The summed E-state index contributed by atoms with van der Waals surface area (Å²) in [5.74, 6) is -0.670. The first-order valence-corrected chi connectivity index (χ1v) is 6.90. The van der Waals surface area contributed by atoms with Crippen LogP contribution in [0.15, 0.2) is 18.2 Å². The number of rotatable bonds is 5. The molecule has 0 atom stereocenters. The first-order valence-electron chi connectivity index (χ1n) is 6.90. The van der Waals surface area contributed by atoms with Crippen molar-refractivity contribution >= 4 is 12.4 Å². The number of amides is 1. The van der Waals surface area contributed by atoms with Gasteiger partial charge in [0.15, 0.2) is 11.6 Å². The largest absolute Gasteiger partial charge is 0.488 e. The Hall–Kier alpha value is -2.11. The van der Waals surface area contributed by atoms with Crippen LogP contribution in [0.4, 0.5) is 9.18 Å². The van der Waals surface area contributed by atoms with Crippen LogP contribution in [0.25, 0.3) is 0 Å². The van der Waals surface area contributed by atoms with Crippen LogP contribution in [0.5, 0.6) is 5.75 Å². The number of carbonyl (C=O) groups is 2. The Morgan fingerprint density at radius 1 is 1.32 bits per heavy atom. The van der Waals surface area contributed by atoms with Crippen molar-refractivity contribution < 1.29 is 23.8 Å². The predicted molar refractivity (Wildman–Crippen MR) is 81.0 cm³/mol. The average Bonchev–Trinajstić information content (AvgIpc) is 2.34. The van der Waals surface area contributed by atoms with Gasteiger partial charge in [-0.1, -0.05) is 0 Å². The molecule has 5 nitrogen and oxygen atoms in total. The molecule has 0 saturated carbocycles. The van der Waals surface area contributed by atoms with Gasteiger partial charge in [-0.3, -0.25) is 9.69 Å². The molecule has 0 aromatic heterocycles. The number of halogens is 1. The Morgan fingerprint density at radius 3 is 2.32 bits per heavy atom. The molecular weight excluding hydrogens is 289 g/mol. The van der Waals surface area contributed by atoms with Crippen LogP contribution in [0.2, 0.25) is 0 Å². The highest BCUT2D eigenvalue weighted by Gasteiger charge is 2.39. The van der Waals surface area contributed by atoms with Crippen LogP contribution in [-0.4, -0.2) is 40.1 Å². The first kappa shape index (κ1) is 17.9. The fourth-order valence-electron chi connectivity index (χ4n) is 2.48. The molecular formula is C16H22FNO4. The maximum Gasteiger partial charge on any atom is 0.408 e. The topological polar surface area (TPSA) is 66.8 Å². The molecule has 1 N–H and O–H groups in total. The summed E-state index contributed by atoms with van der Waals surface area (Å²) in [6.07, 6.45) is -0.527. The van der Waals surface area contributed by atoms with Crippen molar-refractivity contribution in [2.45, 2.75) is 45.7 Å². The summed E-state index contributed by atoms with van der Waals surface area (Å²) in [4.78, 5) is 23.4. The summed E-state index contributed by atoms with van der Waals surface area (Å²) in [5, 5.41) is 9.42. The van der Waals surface area contributed by atoms with Crippen LogP contribution < -0.4 is 4.74 Å². The van der Waals surface area contributed by atoms with E-state index in [0.29, 0.717) is 6.29 Å². The van der Waals surface area contributed by atoms with E-state index in [1.165, 1.54) is 17.0 Å². The third-order valence-corrected chi connectivity index (χ3v) is 3.14. The number of benzene rings is 1. The van der Waals surface area contributed by atoms with Crippen molar-refractivity contribution in [3.05, 3.63) is 29.6 Å². The standard InChI is InChI=1S/C16H22FNO4/c1-15(2,3)18(14(20)21)16(4,5)10-22-13-7-6-11(9-19)8-12(13)17/h6-9H,10H2,1-5H3,(H,20,21). The molecule has 22 heavy (non-hydrogen) atoms. The van der Waals surface area contributed by atoms with E-state index in [9.17, 15) is 19.1 Å². The molecule has 0 unspecified atom stereocenters. The molecule has 0 aliphatic heterocycles. The lowest BCUT2D eigenvalue weighted by molar-refractivity contribution is 0.00876. The molecule has 0 bridgehead atoms. The quantitative estimate of drug-likeness (QED) is 0.844. The van der Waals surface area contributed by atoms with E-state index < -0.39 is 23.0 Å². The number of ether oxygens (including phenoxy) is 1. The zero-order valence-electron chi connectivity index (χ0n) is 13.5. The number of aldehydes is 1. The summed E-state index contributed by atoms with van der Waals surface area (Å²) < 4.78 is 19.2. The van der Waals surface area contributed by atoms with Gasteiger partial charge in [0, 0.05) is 11.1 Å². The van der Waals surface area contributed by atoms with E-state index >= 15 is 0 Å². The number of hydrogen-bond acceptors (Lipinski definition) is 3. The Labute approximate surface area is 129 Å². The molecule has 0 saturated heterocycles. The molecule has 1 aromatic carbocycles. The van der Waals surface area contributed by atoms with Gasteiger partial charge in [-0.05, 0) is 52.8 Å². The van der Waals surface area contributed by atoms with Gasteiger partial charge in [0.2, 0.25) is 0 Å². The lowest BCUT2D eigenvalue weighted by Crippen LogP contribution is -2.59. The maximum absolute atomic E-state index is 13.8. The van der Waals surface area contributed by atoms with Crippen molar-refractivity contribution in [3.8, 4) is 5.75 Å². The van der Waals surface area contributed by atoms with Gasteiger partial charge in [-0.2, -0.15) is 0 Å². The first-order chi connectivity index (χ1) is 9.99. The predicted octanol–water partition coefficient (Wildman–Crippen LogP) is 3.57. The molecule has 1 amide bonds. The summed E-state index contributed by atoms with van der Waals surface area (Å²) in [6, 6.07) is 3.88. The summed E-state index contributed by atoms with van der Waals surface area (Å²) >= 11 is 0. The molecule has 0 spiro atoms. The molecule has 0 fully saturated rings. The molecule has 122 valence electrons. The zero-order chi connectivity index (χ0) is 17.1. The van der Waals surface area contributed by atoms with Crippen LogP contribution in [-0.2, 0) is 0 Å². The molecule has 0 aliphatic rings. The van der Waals surface area contributed by atoms with Crippen molar-refractivity contribution in [1.29, 1.82) is 0 Å². The lowest BCUT2D eigenvalue weighted by atomic mass is 9.96. The highest BCUT2D eigenvalue weighted by Crippen LogP contribution is 2.27. The fourth-order valence-corrected chi connectivity index (χ4v) is 2.48. The van der Waals surface area contributed by atoms with Gasteiger partial charge < -0.3 is 9.84 Å². The zero-order valence-corrected chi connectivity index (χ0v) is 13.5. The highest BCUT2D eigenvalue weighted by atomic mass is 19.1. The SMILES string of the molecule is CC(C)(C)N(C(=O)O)C(C)(C)COc1ccc(C=O)cc1F. The van der Waals surface area contributed by atoms with Crippen molar-refractivity contribution in [3.63, 3.8) is 0 Å². The van der Waals surface area contributed by atoms with E-state index in [-0.39, 0.29) is 17.9 Å². The van der Waals surface area contributed by atoms with E-state index in [1.54, 1.807) is 34.6 Å². The van der Waals surface area contributed by atoms with Crippen molar-refractivity contribution in [2.75, 3.05) is 6.61 Å². The van der Waals surface area contributed by atoms with Crippen LogP contribution >= 0.6 is 0 Å². The maximum atomic E-state index is 13.8.